The molecule has 0 aliphatic carbocycles. The smallest absolute Gasteiger partial charge is 0.331 e. The van der Waals surface area contributed by atoms with Crippen LogP contribution in [0, 0.1) is 0 Å². The first kappa shape index (κ1) is 20.9. The van der Waals surface area contributed by atoms with Crippen LogP contribution in [0.3, 0.4) is 0 Å². The third kappa shape index (κ3) is 21.8. The summed E-state index contributed by atoms with van der Waals surface area (Å²) in [6.07, 6.45) is 5.82. The lowest BCUT2D eigenvalue weighted by molar-refractivity contribution is -0.138. The van der Waals surface area contributed by atoms with E-state index >= 15 is 0 Å². The van der Waals surface area contributed by atoms with Crippen molar-refractivity contribution in [2.75, 3.05) is 26.4 Å². The Morgan fingerprint density at radius 1 is 1.05 bits per heavy atom. The average molecular weight is 290 g/mol. The maximum Gasteiger partial charge on any atom is 0.331 e. The number of ether oxygens (including phenoxy) is 2. The van der Waals surface area contributed by atoms with E-state index in [2.05, 4.69) is 6.92 Å². The van der Waals surface area contributed by atoms with Gasteiger partial charge in [-0.05, 0) is 13.3 Å². The van der Waals surface area contributed by atoms with Gasteiger partial charge < -0.3 is 19.7 Å². The second-order valence-electron chi connectivity index (χ2n) is 3.82. The summed E-state index contributed by atoms with van der Waals surface area (Å²) in [5, 5.41) is 16.3. The molecule has 0 aromatic rings. The number of aliphatic carboxylic acids is 1. The molecule has 118 valence electrons. The molecule has 0 aliphatic rings. The van der Waals surface area contributed by atoms with Crippen LogP contribution < -0.4 is 0 Å². The van der Waals surface area contributed by atoms with Gasteiger partial charge in [-0.1, -0.05) is 26.2 Å². The summed E-state index contributed by atoms with van der Waals surface area (Å²) in [5.41, 5.74) is 0. The maximum absolute atomic E-state index is 10.8. The van der Waals surface area contributed by atoms with Crippen LogP contribution in [0.1, 0.15) is 39.5 Å². The van der Waals surface area contributed by atoms with Crippen molar-refractivity contribution in [2.45, 2.75) is 39.5 Å². The van der Waals surface area contributed by atoms with E-state index in [9.17, 15) is 9.59 Å². The van der Waals surface area contributed by atoms with E-state index in [0.29, 0.717) is 19.8 Å². The Morgan fingerprint density at radius 3 is 2.20 bits per heavy atom. The number of unbranched alkanes of at least 4 members (excludes halogenated alkanes) is 3. The quantitative estimate of drug-likeness (QED) is 0.362. The van der Waals surface area contributed by atoms with Gasteiger partial charge in [-0.3, -0.25) is 0 Å². The number of esters is 1. The largest absolute Gasteiger partial charge is 0.478 e. The van der Waals surface area contributed by atoms with Crippen LogP contribution in [0.15, 0.2) is 12.2 Å². The lowest BCUT2D eigenvalue weighted by Gasteiger charge is -2.00. The van der Waals surface area contributed by atoms with Gasteiger partial charge in [0, 0.05) is 18.8 Å². The fourth-order valence-corrected chi connectivity index (χ4v) is 1.10. The summed E-state index contributed by atoms with van der Waals surface area (Å²) < 4.78 is 9.48. The molecule has 0 aromatic heterocycles. The third-order valence-electron chi connectivity index (χ3n) is 2.04. The van der Waals surface area contributed by atoms with Gasteiger partial charge in [0.1, 0.15) is 0 Å². The molecule has 0 rings (SSSR count). The van der Waals surface area contributed by atoms with Gasteiger partial charge >= 0.3 is 11.9 Å². The van der Waals surface area contributed by atoms with E-state index in [-0.39, 0.29) is 6.61 Å². The van der Waals surface area contributed by atoms with Gasteiger partial charge in [-0.2, -0.15) is 0 Å². The van der Waals surface area contributed by atoms with Crippen LogP contribution in [0.5, 0.6) is 0 Å². The Kier molecular flexibility index (Phi) is 18.4. The van der Waals surface area contributed by atoms with Crippen molar-refractivity contribution in [1.29, 1.82) is 0 Å². The molecule has 0 aliphatic heterocycles. The van der Waals surface area contributed by atoms with Crippen LogP contribution in [0.4, 0.5) is 0 Å². The van der Waals surface area contributed by atoms with Gasteiger partial charge in [0.05, 0.1) is 19.8 Å². The highest BCUT2D eigenvalue weighted by Crippen LogP contribution is 1.99. The van der Waals surface area contributed by atoms with Crippen molar-refractivity contribution >= 4 is 11.9 Å². The Labute approximate surface area is 120 Å². The second-order valence-corrected chi connectivity index (χ2v) is 3.82. The molecule has 0 aromatic carbocycles. The molecule has 20 heavy (non-hydrogen) atoms. The molecule has 0 radical (unpaired) electrons. The zero-order chi connectivity index (χ0) is 15.6. The van der Waals surface area contributed by atoms with E-state index in [1.165, 1.54) is 0 Å². The Morgan fingerprint density at radius 2 is 1.75 bits per heavy atom. The van der Waals surface area contributed by atoms with E-state index in [0.717, 1.165) is 37.8 Å². The first-order chi connectivity index (χ1) is 9.58. The highest BCUT2D eigenvalue weighted by molar-refractivity contribution is 5.90. The number of carbonyl (C=O) groups excluding carboxylic acids is 1. The highest BCUT2D eigenvalue weighted by atomic mass is 16.5. The van der Waals surface area contributed by atoms with E-state index < -0.39 is 11.9 Å². The van der Waals surface area contributed by atoms with Crippen molar-refractivity contribution in [1.82, 2.24) is 0 Å². The zero-order valence-electron chi connectivity index (χ0n) is 12.3. The van der Waals surface area contributed by atoms with E-state index in [1.54, 1.807) is 0 Å². The summed E-state index contributed by atoms with van der Waals surface area (Å²) in [4.78, 5) is 20.8. The molecular weight excluding hydrogens is 264 g/mol. The predicted octanol–water partition coefficient (Wildman–Crippen LogP) is 1.77. The number of carboxylic acids is 1. The van der Waals surface area contributed by atoms with Gasteiger partial charge in [0.2, 0.25) is 0 Å². The van der Waals surface area contributed by atoms with Crippen molar-refractivity contribution < 1.29 is 29.3 Å². The molecule has 0 atom stereocenters. The molecular formula is C14H26O6. The summed E-state index contributed by atoms with van der Waals surface area (Å²) in [7, 11) is 0. The molecule has 0 bridgehead atoms. The summed E-state index contributed by atoms with van der Waals surface area (Å²) in [5.74, 6) is -1.74. The van der Waals surface area contributed by atoms with Crippen LogP contribution >= 0.6 is 0 Å². The molecule has 6 nitrogen and oxygen atoms in total. The Balaban J connectivity index is 0. The molecule has 0 fully saturated rings. The van der Waals surface area contributed by atoms with E-state index in [1.807, 2.05) is 6.92 Å². The minimum Gasteiger partial charge on any atom is -0.478 e. The number of rotatable bonds is 10. The molecule has 0 spiro atoms. The van der Waals surface area contributed by atoms with Gasteiger partial charge in [-0.15, -0.1) is 0 Å². The Hall–Kier alpha value is -1.40. The van der Waals surface area contributed by atoms with Gasteiger partial charge in [0.25, 0.3) is 0 Å². The number of hydrogen-bond donors (Lipinski definition) is 2. The fraction of sp³-hybridized carbons (Fsp3) is 0.714. The normalized spacial score (nSPS) is 9.95. The summed E-state index contributed by atoms with van der Waals surface area (Å²) >= 11 is 0. The van der Waals surface area contributed by atoms with Gasteiger partial charge in [-0.25, -0.2) is 9.59 Å². The molecule has 0 heterocycles. The van der Waals surface area contributed by atoms with Crippen molar-refractivity contribution in [3.8, 4) is 0 Å². The number of aliphatic hydroxyl groups excluding tert-OH is 1. The average Bonchev–Trinajstić information content (AvgIpc) is 2.43. The molecule has 0 saturated heterocycles. The minimum absolute atomic E-state index is 0.133. The fourth-order valence-electron chi connectivity index (χ4n) is 1.10. The zero-order valence-corrected chi connectivity index (χ0v) is 12.3. The van der Waals surface area contributed by atoms with Gasteiger partial charge in [0.15, 0.2) is 0 Å². The number of hydrogen-bond acceptors (Lipinski definition) is 5. The summed E-state index contributed by atoms with van der Waals surface area (Å²) in [6.45, 7) is 5.66. The first-order valence-electron chi connectivity index (χ1n) is 6.84. The summed E-state index contributed by atoms with van der Waals surface area (Å²) in [6, 6.07) is 0. The molecule has 0 amide bonds. The minimum atomic E-state index is -1.15. The maximum atomic E-state index is 10.8. The first-order valence-corrected chi connectivity index (χ1v) is 6.84. The Bertz CT molecular complexity index is 258. The molecule has 6 heteroatoms. The van der Waals surface area contributed by atoms with Crippen molar-refractivity contribution in [3.63, 3.8) is 0 Å². The number of carboxylic acid groups (broad SMARTS) is 1. The molecule has 0 unspecified atom stereocenters. The lowest BCUT2D eigenvalue weighted by atomic mass is 10.2. The van der Waals surface area contributed by atoms with Crippen LogP contribution in [0.25, 0.3) is 0 Å². The second kappa shape index (κ2) is 17.6. The van der Waals surface area contributed by atoms with Crippen LogP contribution in [0.2, 0.25) is 0 Å². The third-order valence-corrected chi connectivity index (χ3v) is 2.04. The monoisotopic (exact) mass is 290 g/mol. The SMILES string of the molecule is CCCCCCOC(=O)/C=C\C(=O)O.CCOCCO. The van der Waals surface area contributed by atoms with E-state index in [4.69, 9.17) is 19.7 Å². The molecule has 2 N–H and O–H groups in total. The highest BCUT2D eigenvalue weighted by Gasteiger charge is 1.97. The topological polar surface area (TPSA) is 93.1 Å². The van der Waals surface area contributed by atoms with Crippen LogP contribution in [-0.2, 0) is 19.1 Å². The van der Waals surface area contributed by atoms with Crippen molar-refractivity contribution in [3.05, 3.63) is 12.2 Å². The van der Waals surface area contributed by atoms with Crippen molar-refractivity contribution in [2.24, 2.45) is 0 Å². The molecule has 0 saturated carbocycles. The predicted molar refractivity (Wildman–Crippen MR) is 75.5 cm³/mol. The standard InChI is InChI=1S/C10H16O4.C4H10O2/c1-2-3-4-5-8-14-10(13)7-6-9(11)12;1-2-6-4-3-5/h6-7H,2-5,8H2,1H3,(H,11,12);5H,2-4H2,1H3/b7-6-;. The van der Waals surface area contributed by atoms with Crippen LogP contribution in [-0.4, -0.2) is 48.6 Å². The lowest BCUT2D eigenvalue weighted by Crippen LogP contribution is -2.03. The number of carbonyl (C=O) groups is 2. The number of aliphatic hydroxyl groups is 1.